The molecule has 1 aliphatic rings. The van der Waals surface area contributed by atoms with Gasteiger partial charge < -0.3 is 15.0 Å². The van der Waals surface area contributed by atoms with Crippen LogP contribution in [0.4, 0.5) is 0 Å². The Balaban J connectivity index is 1.86. The molecule has 0 aliphatic carbocycles. The highest BCUT2D eigenvalue weighted by Crippen LogP contribution is 2.22. The number of ether oxygens (including phenoxy) is 1. The van der Waals surface area contributed by atoms with Crippen LogP contribution < -0.4 is 5.32 Å². The number of nitrogens with one attached hydrogen (secondary N) is 1. The summed E-state index contributed by atoms with van der Waals surface area (Å²) in [6.07, 6.45) is 1.92. The van der Waals surface area contributed by atoms with E-state index >= 15 is 0 Å². The van der Waals surface area contributed by atoms with Crippen LogP contribution in [-0.4, -0.2) is 50.6 Å². The van der Waals surface area contributed by atoms with Gasteiger partial charge in [-0.25, -0.2) is 0 Å². The number of carbonyl (C=O) groups excluding carboxylic acids is 2. The van der Waals surface area contributed by atoms with E-state index in [2.05, 4.69) is 17.4 Å². The Morgan fingerprint density at radius 1 is 1.32 bits per heavy atom. The van der Waals surface area contributed by atoms with Crippen molar-refractivity contribution in [2.24, 2.45) is 5.92 Å². The van der Waals surface area contributed by atoms with E-state index in [1.165, 1.54) is 5.56 Å². The van der Waals surface area contributed by atoms with E-state index < -0.39 is 0 Å². The predicted molar refractivity (Wildman–Crippen MR) is 84.5 cm³/mol. The molecule has 1 aromatic carbocycles. The highest BCUT2D eigenvalue weighted by molar-refractivity contribution is 5.79. The van der Waals surface area contributed by atoms with Crippen LogP contribution in [0.15, 0.2) is 24.3 Å². The number of methoxy groups -OCH3 is 1. The third-order valence-electron chi connectivity index (χ3n) is 4.05. The number of benzene rings is 1. The molecule has 1 unspecified atom stereocenters. The maximum absolute atomic E-state index is 11.9. The first kappa shape index (κ1) is 16.5. The van der Waals surface area contributed by atoms with Crippen molar-refractivity contribution < 1.29 is 14.3 Å². The van der Waals surface area contributed by atoms with Gasteiger partial charge in [0.15, 0.2) is 0 Å². The molecule has 1 aliphatic heterocycles. The molecule has 1 aromatic rings. The van der Waals surface area contributed by atoms with E-state index in [0.29, 0.717) is 31.9 Å². The van der Waals surface area contributed by atoms with Crippen LogP contribution >= 0.6 is 0 Å². The van der Waals surface area contributed by atoms with Crippen molar-refractivity contribution in [3.05, 3.63) is 35.4 Å². The minimum absolute atomic E-state index is 0.0166. The van der Waals surface area contributed by atoms with Crippen LogP contribution in [0, 0.1) is 5.92 Å². The fraction of sp³-hybridized carbons (Fsp3) is 0.529. The smallest absolute Gasteiger partial charge is 0.224 e. The summed E-state index contributed by atoms with van der Waals surface area (Å²) in [7, 11) is 3.29. The monoisotopic (exact) mass is 304 g/mol. The third kappa shape index (κ3) is 4.56. The molecule has 2 amide bonds. The lowest BCUT2D eigenvalue weighted by Crippen LogP contribution is -2.28. The largest absolute Gasteiger partial charge is 0.383 e. The number of nitrogens with zero attached hydrogens (tertiary/aromatic N) is 1. The Morgan fingerprint density at radius 2 is 2.00 bits per heavy atom. The molecule has 0 bridgehead atoms. The lowest BCUT2D eigenvalue weighted by Gasteiger charge is -2.16. The lowest BCUT2D eigenvalue weighted by atomic mass is 9.97. The van der Waals surface area contributed by atoms with Gasteiger partial charge in [-0.1, -0.05) is 24.3 Å². The topological polar surface area (TPSA) is 58.6 Å². The first-order valence-corrected chi connectivity index (χ1v) is 7.67. The van der Waals surface area contributed by atoms with Gasteiger partial charge in [-0.05, 0) is 23.5 Å². The van der Waals surface area contributed by atoms with E-state index in [0.717, 1.165) is 18.5 Å². The number of carbonyl (C=O) groups is 2. The zero-order chi connectivity index (χ0) is 15.9. The van der Waals surface area contributed by atoms with Crippen LogP contribution in [0.2, 0.25) is 0 Å². The maximum atomic E-state index is 11.9. The van der Waals surface area contributed by atoms with Gasteiger partial charge in [-0.2, -0.15) is 0 Å². The number of likely N-dealkylation sites (N-methyl/N-ethyl adjacent to an activating group) is 1. The SMILES string of the molecule is CNC(=O)Cc1ccc(CC2CC(=O)N(CCOC)C2)cc1. The van der Waals surface area contributed by atoms with Crippen molar-refractivity contribution in [3.63, 3.8) is 0 Å². The number of hydrogen-bond donors (Lipinski definition) is 1. The molecule has 0 spiro atoms. The molecule has 120 valence electrons. The van der Waals surface area contributed by atoms with Crippen LogP contribution in [0.5, 0.6) is 0 Å². The Hall–Kier alpha value is -1.88. The number of hydrogen-bond acceptors (Lipinski definition) is 3. The van der Waals surface area contributed by atoms with E-state index in [9.17, 15) is 9.59 Å². The molecule has 1 heterocycles. The van der Waals surface area contributed by atoms with E-state index in [-0.39, 0.29) is 11.8 Å². The van der Waals surface area contributed by atoms with Gasteiger partial charge >= 0.3 is 0 Å². The Bertz CT molecular complexity index is 513. The molecular weight excluding hydrogens is 280 g/mol. The average Bonchev–Trinajstić information content (AvgIpc) is 2.86. The predicted octanol–water partition coefficient (Wildman–Crippen LogP) is 1.01. The van der Waals surface area contributed by atoms with E-state index in [1.54, 1.807) is 14.2 Å². The first-order valence-electron chi connectivity index (χ1n) is 7.67. The highest BCUT2D eigenvalue weighted by Gasteiger charge is 2.29. The minimum Gasteiger partial charge on any atom is -0.383 e. The van der Waals surface area contributed by atoms with Gasteiger partial charge in [-0.15, -0.1) is 0 Å². The van der Waals surface area contributed by atoms with Gasteiger partial charge in [0.25, 0.3) is 0 Å². The number of amides is 2. The molecule has 1 atom stereocenters. The molecule has 0 saturated carbocycles. The fourth-order valence-electron chi connectivity index (χ4n) is 2.81. The zero-order valence-electron chi connectivity index (χ0n) is 13.3. The van der Waals surface area contributed by atoms with Crippen LogP contribution in [0.3, 0.4) is 0 Å². The number of likely N-dealkylation sites (tertiary alicyclic amines) is 1. The molecule has 5 nitrogen and oxygen atoms in total. The van der Waals surface area contributed by atoms with E-state index in [1.807, 2.05) is 17.0 Å². The van der Waals surface area contributed by atoms with Gasteiger partial charge in [-0.3, -0.25) is 9.59 Å². The molecule has 1 N–H and O–H groups in total. The summed E-state index contributed by atoms with van der Waals surface area (Å²) in [6, 6.07) is 8.09. The molecule has 5 heteroatoms. The average molecular weight is 304 g/mol. The van der Waals surface area contributed by atoms with E-state index in [4.69, 9.17) is 4.74 Å². The second-order valence-electron chi connectivity index (χ2n) is 5.77. The second kappa shape index (κ2) is 7.94. The van der Waals surface area contributed by atoms with Gasteiger partial charge in [0.1, 0.15) is 0 Å². The normalized spacial score (nSPS) is 17.8. The molecule has 0 aromatic heterocycles. The van der Waals surface area contributed by atoms with Crippen molar-refractivity contribution in [1.29, 1.82) is 0 Å². The summed E-state index contributed by atoms with van der Waals surface area (Å²) in [5.41, 5.74) is 2.22. The number of rotatable bonds is 7. The second-order valence-corrected chi connectivity index (χ2v) is 5.77. The van der Waals surface area contributed by atoms with Gasteiger partial charge in [0.2, 0.25) is 11.8 Å². The zero-order valence-corrected chi connectivity index (χ0v) is 13.3. The first-order chi connectivity index (χ1) is 10.6. The van der Waals surface area contributed by atoms with Crippen molar-refractivity contribution in [2.75, 3.05) is 33.9 Å². The third-order valence-corrected chi connectivity index (χ3v) is 4.05. The van der Waals surface area contributed by atoms with Gasteiger partial charge in [0, 0.05) is 33.7 Å². The summed E-state index contributed by atoms with van der Waals surface area (Å²) in [5, 5.41) is 2.62. The summed E-state index contributed by atoms with van der Waals surface area (Å²) < 4.78 is 5.03. The molecule has 22 heavy (non-hydrogen) atoms. The van der Waals surface area contributed by atoms with Crippen molar-refractivity contribution in [1.82, 2.24) is 10.2 Å². The van der Waals surface area contributed by atoms with Crippen molar-refractivity contribution in [3.8, 4) is 0 Å². The molecule has 2 rings (SSSR count). The Morgan fingerprint density at radius 3 is 2.64 bits per heavy atom. The molecule has 1 saturated heterocycles. The summed E-state index contributed by atoms with van der Waals surface area (Å²) in [6.45, 7) is 2.08. The van der Waals surface area contributed by atoms with Crippen molar-refractivity contribution >= 4 is 11.8 Å². The minimum atomic E-state index is 0.0166. The highest BCUT2D eigenvalue weighted by atomic mass is 16.5. The summed E-state index contributed by atoms with van der Waals surface area (Å²) in [5.74, 6) is 0.607. The van der Waals surface area contributed by atoms with Crippen LogP contribution in [0.1, 0.15) is 17.5 Å². The standard InChI is InChI=1S/C17H24N2O3/c1-18-16(20)10-14-5-3-13(4-6-14)9-15-11-17(21)19(12-15)7-8-22-2/h3-6,15H,7-12H2,1-2H3,(H,18,20). The van der Waals surface area contributed by atoms with Crippen molar-refractivity contribution in [2.45, 2.75) is 19.3 Å². The maximum Gasteiger partial charge on any atom is 0.224 e. The quantitative estimate of drug-likeness (QED) is 0.818. The lowest BCUT2D eigenvalue weighted by molar-refractivity contribution is -0.128. The summed E-state index contributed by atoms with van der Waals surface area (Å²) >= 11 is 0. The van der Waals surface area contributed by atoms with Gasteiger partial charge in [0.05, 0.1) is 13.0 Å². The van der Waals surface area contributed by atoms with Crippen LogP contribution in [0.25, 0.3) is 0 Å². The molecule has 1 fully saturated rings. The molecular formula is C17H24N2O3. The van der Waals surface area contributed by atoms with Crippen LogP contribution in [-0.2, 0) is 27.2 Å². The fourth-order valence-corrected chi connectivity index (χ4v) is 2.81. The Kier molecular flexibility index (Phi) is 5.95. The summed E-state index contributed by atoms with van der Waals surface area (Å²) in [4.78, 5) is 25.1. The molecule has 0 radical (unpaired) electrons. The Labute approximate surface area is 131 Å².